The lowest BCUT2D eigenvalue weighted by atomic mass is 10.1. The highest BCUT2D eigenvalue weighted by molar-refractivity contribution is 8.06. The van der Waals surface area contributed by atoms with Crippen LogP contribution in [0.3, 0.4) is 0 Å². The van der Waals surface area contributed by atoms with Crippen LogP contribution in [0.15, 0.2) is 29.2 Å². The number of primary amides is 1. The van der Waals surface area contributed by atoms with Crippen LogP contribution in [0, 0.1) is 22.7 Å². The molecule has 1 aliphatic carbocycles. The van der Waals surface area contributed by atoms with Crippen molar-refractivity contribution < 1.29 is 27.9 Å². The van der Waals surface area contributed by atoms with E-state index in [0.717, 1.165) is 0 Å². The normalized spacial score (nSPS) is 29.8. The molecule has 0 radical (unpaired) electrons. The fraction of sp³-hybridized carbons (Fsp3) is 0.412. The van der Waals surface area contributed by atoms with E-state index in [0.29, 0.717) is 0 Å². The fourth-order valence-electron chi connectivity index (χ4n) is 3.70. The molecular weight excluding hydrogens is 410 g/mol. The Hall–Kier alpha value is -2.48. The van der Waals surface area contributed by atoms with Gasteiger partial charge in [-0.25, -0.2) is 8.42 Å². The Morgan fingerprint density at radius 3 is 2.46 bits per heavy atom. The summed E-state index contributed by atoms with van der Waals surface area (Å²) in [4.78, 5) is 36.9. The van der Waals surface area contributed by atoms with E-state index in [2.05, 4.69) is 0 Å². The number of nitrogens with two attached hydrogens (primary N) is 1. The summed E-state index contributed by atoms with van der Waals surface area (Å²) in [5, 5.41) is 17.5. The van der Waals surface area contributed by atoms with Crippen LogP contribution < -0.4 is 5.73 Å². The lowest BCUT2D eigenvalue weighted by Crippen LogP contribution is -2.42. The first kappa shape index (κ1) is 20.3. The molecule has 2 aliphatic rings. The van der Waals surface area contributed by atoms with Gasteiger partial charge in [-0.1, -0.05) is 23.7 Å². The van der Waals surface area contributed by atoms with E-state index in [4.69, 9.17) is 17.3 Å². The number of nitriles is 1. The number of amides is 1. The van der Waals surface area contributed by atoms with Crippen LogP contribution in [-0.4, -0.2) is 54.0 Å². The second kappa shape index (κ2) is 6.84. The van der Waals surface area contributed by atoms with Gasteiger partial charge in [0.05, 0.1) is 16.0 Å². The van der Waals surface area contributed by atoms with Gasteiger partial charge < -0.3 is 10.8 Å². The number of nitrogens with zero attached hydrogens (tertiary/aromatic N) is 2. The third kappa shape index (κ3) is 3.05. The number of carboxylic acids is 1. The van der Waals surface area contributed by atoms with Crippen LogP contribution in [0.4, 0.5) is 0 Å². The Morgan fingerprint density at radius 1 is 1.32 bits per heavy atom. The van der Waals surface area contributed by atoms with E-state index >= 15 is 0 Å². The highest BCUT2D eigenvalue weighted by Gasteiger charge is 2.66. The lowest BCUT2D eigenvalue weighted by molar-refractivity contribution is -0.142. The number of carbonyl (C=O) groups is 3. The standard InChI is InChI=1S/C17H16ClN3O6S/c18-10-3-1-2-4-12(10)28(26,27)15(24)9-5-11(14(22)23)21(7-9)13-6-17(13,8-19)16(20)25/h1-4,9,11,13H,5-7H2,(H2,20,25)(H,22,23)/t9-,11+,13?,17?/m1/s1. The number of sulfone groups is 1. The first-order chi connectivity index (χ1) is 13.1. The number of hydrogen-bond acceptors (Lipinski definition) is 7. The molecule has 0 bridgehead atoms. The highest BCUT2D eigenvalue weighted by atomic mass is 35.5. The molecule has 1 saturated heterocycles. The van der Waals surface area contributed by atoms with Crippen molar-refractivity contribution in [3.05, 3.63) is 29.3 Å². The maximum Gasteiger partial charge on any atom is 0.320 e. The molecule has 1 amide bonds. The van der Waals surface area contributed by atoms with Crippen molar-refractivity contribution >= 4 is 38.4 Å². The molecular formula is C17H16ClN3O6S. The molecule has 11 heteroatoms. The van der Waals surface area contributed by atoms with E-state index in [1.165, 1.54) is 29.2 Å². The Bertz CT molecular complexity index is 1020. The van der Waals surface area contributed by atoms with Crippen LogP contribution in [0.25, 0.3) is 0 Å². The molecule has 3 N–H and O–H groups in total. The van der Waals surface area contributed by atoms with Crippen molar-refractivity contribution in [2.75, 3.05) is 6.54 Å². The van der Waals surface area contributed by atoms with Gasteiger partial charge >= 0.3 is 5.97 Å². The topological polar surface area (TPSA) is 159 Å². The molecule has 4 atom stereocenters. The molecule has 2 fully saturated rings. The third-order valence-corrected chi connectivity index (χ3v) is 7.55. The van der Waals surface area contributed by atoms with Gasteiger partial charge in [0.2, 0.25) is 15.7 Å². The maximum absolute atomic E-state index is 12.7. The van der Waals surface area contributed by atoms with Crippen molar-refractivity contribution in [2.24, 2.45) is 17.1 Å². The third-order valence-electron chi connectivity index (χ3n) is 5.31. The number of aliphatic carboxylic acids is 1. The average Bonchev–Trinajstić information content (AvgIpc) is 3.23. The molecule has 2 unspecified atom stereocenters. The molecule has 1 aromatic carbocycles. The maximum atomic E-state index is 12.7. The number of carbonyl (C=O) groups excluding carboxylic acids is 2. The summed E-state index contributed by atoms with van der Waals surface area (Å²) in [6.07, 6.45) is -0.213. The van der Waals surface area contributed by atoms with Crippen molar-refractivity contribution in [1.29, 1.82) is 5.26 Å². The van der Waals surface area contributed by atoms with Gasteiger partial charge in [-0.2, -0.15) is 5.26 Å². The molecule has 9 nitrogen and oxygen atoms in total. The van der Waals surface area contributed by atoms with Crippen LogP contribution in [-0.2, 0) is 24.2 Å². The zero-order valence-corrected chi connectivity index (χ0v) is 16.0. The molecule has 1 saturated carbocycles. The van der Waals surface area contributed by atoms with Gasteiger partial charge in [-0.05, 0) is 25.0 Å². The second-order valence-corrected chi connectivity index (χ2v) is 9.16. The summed E-state index contributed by atoms with van der Waals surface area (Å²) in [6, 6.07) is 5.32. The van der Waals surface area contributed by atoms with Crippen LogP contribution in [0.5, 0.6) is 0 Å². The Labute approximate surface area is 165 Å². The quantitative estimate of drug-likeness (QED) is 0.675. The van der Waals surface area contributed by atoms with Gasteiger partial charge in [0, 0.05) is 18.5 Å². The monoisotopic (exact) mass is 425 g/mol. The van der Waals surface area contributed by atoms with Gasteiger partial charge in [0.15, 0.2) is 5.41 Å². The van der Waals surface area contributed by atoms with Crippen LogP contribution >= 0.6 is 11.6 Å². The number of carboxylic acid groups (broad SMARTS) is 1. The predicted molar refractivity (Wildman–Crippen MR) is 95.5 cm³/mol. The van der Waals surface area contributed by atoms with Gasteiger partial charge in [-0.15, -0.1) is 0 Å². The summed E-state index contributed by atoms with van der Waals surface area (Å²) in [7, 11) is -4.43. The minimum atomic E-state index is -4.43. The van der Waals surface area contributed by atoms with Gasteiger partial charge in [0.25, 0.3) is 5.12 Å². The summed E-state index contributed by atoms with van der Waals surface area (Å²) < 4.78 is 25.3. The number of rotatable bonds is 5. The minimum Gasteiger partial charge on any atom is -0.480 e. The first-order valence-corrected chi connectivity index (χ1v) is 10.2. The molecule has 148 valence electrons. The molecule has 0 spiro atoms. The number of hydrogen-bond donors (Lipinski definition) is 2. The van der Waals surface area contributed by atoms with E-state index in [-0.39, 0.29) is 29.3 Å². The molecule has 1 aromatic rings. The van der Waals surface area contributed by atoms with E-state index < -0.39 is 50.2 Å². The number of halogens is 1. The summed E-state index contributed by atoms with van der Waals surface area (Å²) in [5.74, 6) is -3.27. The Kier molecular flexibility index (Phi) is 4.95. The molecule has 3 rings (SSSR count). The molecule has 0 aromatic heterocycles. The summed E-state index contributed by atoms with van der Waals surface area (Å²) in [6.45, 7) is -0.207. The van der Waals surface area contributed by atoms with Gasteiger partial charge in [-0.3, -0.25) is 19.3 Å². The highest BCUT2D eigenvalue weighted by Crippen LogP contribution is 2.51. The zero-order valence-electron chi connectivity index (χ0n) is 14.4. The average molecular weight is 426 g/mol. The van der Waals surface area contributed by atoms with Crippen LogP contribution in [0.1, 0.15) is 12.8 Å². The fourth-order valence-corrected chi connectivity index (χ4v) is 5.55. The smallest absolute Gasteiger partial charge is 0.320 e. The Balaban J connectivity index is 1.88. The minimum absolute atomic E-state index is 0.0424. The number of benzene rings is 1. The van der Waals surface area contributed by atoms with Crippen molar-refractivity contribution in [3.8, 4) is 6.07 Å². The van der Waals surface area contributed by atoms with E-state index in [9.17, 15) is 33.2 Å². The van der Waals surface area contributed by atoms with Gasteiger partial charge in [0.1, 0.15) is 6.04 Å². The summed E-state index contributed by atoms with van der Waals surface area (Å²) >= 11 is 5.90. The van der Waals surface area contributed by atoms with Crippen molar-refractivity contribution in [3.63, 3.8) is 0 Å². The van der Waals surface area contributed by atoms with E-state index in [1.54, 1.807) is 0 Å². The number of likely N-dealkylation sites (tertiary alicyclic amines) is 1. The van der Waals surface area contributed by atoms with Crippen molar-refractivity contribution in [1.82, 2.24) is 4.90 Å². The molecule has 1 heterocycles. The second-order valence-electron chi connectivity index (χ2n) is 6.90. The first-order valence-electron chi connectivity index (χ1n) is 8.29. The zero-order chi connectivity index (χ0) is 20.9. The lowest BCUT2D eigenvalue weighted by Gasteiger charge is -2.22. The van der Waals surface area contributed by atoms with E-state index in [1.807, 2.05) is 6.07 Å². The largest absolute Gasteiger partial charge is 0.480 e. The Morgan fingerprint density at radius 2 is 1.96 bits per heavy atom. The molecule has 1 aliphatic heterocycles. The van der Waals surface area contributed by atoms with Crippen LogP contribution in [0.2, 0.25) is 5.02 Å². The summed E-state index contributed by atoms with van der Waals surface area (Å²) in [5.41, 5.74) is 3.75. The SMILES string of the molecule is N#CC1(C(N)=O)CC1N1C[C@H](C(=O)S(=O)(=O)c2ccccc2Cl)C[C@H]1C(=O)O. The van der Waals surface area contributed by atoms with Crippen molar-refractivity contribution in [2.45, 2.75) is 29.8 Å². The predicted octanol–water partition coefficient (Wildman–Crippen LogP) is 0.183. The molecule has 28 heavy (non-hydrogen) atoms.